The van der Waals surface area contributed by atoms with E-state index in [-0.39, 0.29) is 5.75 Å². The molecule has 0 radical (unpaired) electrons. The Hall–Kier alpha value is -1.19. The minimum absolute atomic E-state index is 0.345. The van der Waals surface area contributed by atoms with Crippen molar-refractivity contribution < 1.29 is 17.9 Å². The number of alkyl halides is 2. The van der Waals surface area contributed by atoms with Crippen LogP contribution in [-0.4, -0.2) is 6.61 Å². The lowest BCUT2D eigenvalue weighted by atomic mass is 9.60. The normalized spacial score (nSPS) is 35.3. The molecule has 0 bridgehead atoms. The molecule has 3 aliphatic rings. The van der Waals surface area contributed by atoms with Crippen LogP contribution in [0.4, 0.5) is 13.2 Å². The van der Waals surface area contributed by atoms with E-state index in [1.807, 2.05) is 0 Å². The number of benzene rings is 1. The van der Waals surface area contributed by atoms with Gasteiger partial charge in [-0.1, -0.05) is 25.8 Å². The van der Waals surface area contributed by atoms with Crippen molar-refractivity contribution in [1.82, 2.24) is 0 Å². The second-order valence-electron chi connectivity index (χ2n) is 9.86. The SMILES string of the molecule is CCC1CCC2CC(C3CCC(c4ccc(OC(F)F)c(F)c4)CC3)CCC2C1. The van der Waals surface area contributed by atoms with Gasteiger partial charge >= 0.3 is 6.61 Å². The van der Waals surface area contributed by atoms with Crippen molar-refractivity contribution in [2.45, 2.75) is 90.1 Å². The molecule has 162 valence electrons. The third kappa shape index (κ3) is 4.94. The fourth-order valence-corrected chi connectivity index (χ4v) is 6.71. The first kappa shape index (κ1) is 21.1. The van der Waals surface area contributed by atoms with Crippen molar-refractivity contribution in [3.8, 4) is 5.75 Å². The Balaban J connectivity index is 1.29. The van der Waals surface area contributed by atoms with Crippen LogP contribution in [0.15, 0.2) is 18.2 Å². The monoisotopic (exact) mass is 408 g/mol. The minimum atomic E-state index is -2.99. The molecule has 0 N–H and O–H groups in total. The lowest BCUT2D eigenvalue weighted by Gasteiger charge is -2.45. The third-order valence-electron chi connectivity index (χ3n) is 8.42. The fraction of sp³-hybridized carbons (Fsp3) is 0.760. The summed E-state index contributed by atoms with van der Waals surface area (Å²) in [5, 5.41) is 0. The van der Waals surface area contributed by atoms with Crippen molar-refractivity contribution in [2.75, 3.05) is 0 Å². The molecular weight excluding hydrogens is 373 g/mol. The second kappa shape index (κ2) is 9.31. The highest BCUT2D eigenvalue weighted by atomic mass is 19.3. The maximum absolute atomic E-state index is 14.1. The highest BCUT2D eigenvalue weighted by molar-refractivity contribution is 5.31. The number of halogens is 3. The molecule has 0 aliphatic heterocycles. The summed E-state index contributed by atoms with van der Waals surface area (Å²) in [6, 6.07) is 4.53. The Labute approximate surface area is 173 Å². The van der Waals surface area contributed by atoms with E-state index in [2.05, 4.69) is 11.7 Å². The molecule has 3 fully saturated rings. The van der Waals surface area contributed by atoms with E-state index in [1.165, 1.54) is 69.9 Å². The Morgan fingerprint density at radius 1 is 0.862 bits per heavy atom. The summed E-state index contributed by atoms with van der Waals surface area (Å²) >= 11 is 0. The van der Waals surface area contributed by atoms with E-state index in [0.717, 1.165) is 48.0 Å². The first-order valence-corrected chi connectivity index (χ1v) is 11.8. The van der Waals surface area contributed by atoms with E-state index in [9.17, 15) is 13.2 Å². The van der Waals surface area contributed by atoms with Crippen LogP contribution in [0, 0.1) is 35.4 Å². The summed E-state index contributed by atoms with van der Waals surface area (Å²) in [4.78, 5) is 0. The largest absolute Gasteiger partial charge is 0.432 e. The Morgan fingerprint density at radius 3 is 2.14 bits per heavy atom. The molecule has 4 atom stereocenters. The Kier molecular flexibility index (Phi) is 6.76. The van der Waals surface area contributed by atoms with Gasteiger partial charge in [-0.05, 0) is 111 Å². The van der Waals surface area contributed by atoms with Crippen LogP contribution in [-0.2, 0) is 0 Å². The summed E-state index contributed by atoms with van der Waals surface area (Å²) in [6.45, 7) is -0.641. The van der Waals surface area contributed by atoms with Crippen molar-refractivity contribution in [3.05, 3.63) is 29.6 Å². The number of hydrogen-bond donors (Lipinski definition) is 0. The van der Waals surface area contributed by atoms with Crippen molar-refractivity contribution >= 4 is 0 Å². The molecule has 0 aromatic heterocycles. The predicted octanol–water partition coefficient (Wildman–Crippen LogP) is 7.94. The number of ether oxygens (including phenoxy) is 1. The molecule has 0 heterocycles. The van der Waals surface area contributed by atoms with Crippen LogP contribution in [0.1, 0.15) is 89.0 Å². The number of fused-ring (bicyclic) bond motifs is 1. The maximum Gasteiger partial charge on any atom is 0.387 e. The zero-order valence-corrected chi connectivity index (χ0v) is 17.6. The maximum atomic E-state index is 14.1. The van der Waals surface area contributed by atoms with Gasteiger partial charge in [-0.2, -0.15) is 8.78 Å². The van der Waals surface area contributed by atoms with Gasteiger partial charge in [0.15, 0.2) is 11.6 Å². The molecular formula is C25H35F3O. The molecule has 1 nitrogen and oxygen atoms in total. The highest BCUT2D eigenvalue weighted by Gasteiger charge is 2.38. The van der Waals surface area contributed by atoms with Gasteiger partial charge in [0.05, 0.1) is 0 Å². The van der Waals surface area contributed by atoms with Crippen LogP contribution in [0.2, 0.25) is 0 Å². The average molecular weight is 409 g/mol. The number of hydrogen-bond acceptors (Lipinski definition) is 1. The molecule has 0 amide bonds. The Bertz CT molecular complexity index is 668. The van der Waals surface area contributed by atoms with E-state index >= 15 is 0 Å². The van der Waals surface area contributed by atoms with Gasteiger partial charge in [0.1, 0.15) is 0 Å². The van der Waals surface area contributed by atoms with Crippen LogP contribution in [0.25, 0.3) is 0 Å². The summed E-state index contributed by atoms with van der Waals surface area (Å²) in [5.41, 5.74) is 0.934. The minimum Gasteiger partial charge on any atom is -0.432 e. The first-order chi connectivity index (χ1) is 14.0. The molecule has 0 saturated heterocycles. The topological polar surface area (TPSA) is 9.23 Å². The third-order valence-corrected chi connectivity index (χ3v) is 8.42. The molecule has 3 aliphatic carbocycles. The van der Waals surface area contributed by atoms with E-state index in [0.29, 0.717) is 5.92 Å². The lowest BCUT2D eigenvalue weighted by molar-refractivity contribution is -0.0522. The van der Waals surface area contributed by atoms with Crippen molar-refractivity contribution in [3.63, 3.8) is 0 Å². The van der Waals surface area contributed by atoms with Crippen molar-refractivity contribution in [2.24, 2.45) is 29.6 Å². The van der Waals surface area contributed by atoms with Gasteiger partial charge in [-0.3, -0.25) is 0 Å². The molecule has 1 aromatic rings. The summed E-state index contributed by atoms with van der Waals surface area (Å²) in [5.74, 6) is 3.94. The zero-order valence-electron chi connectivity index (χ0n) is 17.6. The van der Waals surface area contributed by atoms with Gasteiger partial charge in [0.25, 0.3) is 0 Å². The van der Waals surface area contributed by atoms with Gasteiger partial charge in [-0.25, -0.2) is 4.39 Å². The fourth-order valence-electron chi connectivity index (χ4n) is 6.71. The lowest BCUT2D eigenvalue weighted by Crippen LogP contribution is -2.34. The summed E-state index contributed by atoms with van der Waals surface area (Å²) in [7, 11) is 0. The molecule has 1 aromatic carbocycles. The van der Waals surface area contributed by atoms with Gasteiger partial charge < -0.3 is 4.74 Å². The first-order valence-electron chi connectivity index (χ1n) is 11.8. The van der Waals surface area contributed by atoms with Crippen LogP contribution >= 0.6 is 0 Å². The molecule has 4 unspecified atom stereocenters. The molecule has 4 rings (SSSR count). The molecule has 29 heavy (non-hydrogen) atoms. The Morgan fingerprint density at radius 2 is 1.48 bits per heavy atom. The summed E-state index contributed by atoms with van der Waals surface area (Å²) in [6.07, 6.45) is 14.6. The number of rotatable bonds is 5. The molecule has 3 saturated carbocycles. The predicted molar refractivity (Wildman–Crippen MR) is 110 cm³/mol. The van der Waals surface area contributed by atoms with Crippen LogP contribution < -0.4 is 4.74 Å². The van der Waals surface area contributed by atoms with E-state index < -0.39 is 12.4 Å². The van der Waals surface area contributed by atoms with Crippen LogP contribution in [0.3, 0.4) is 0 Å². The van der Waals surface area contributed by atoms with Gasteiger partial charge in [-0.15, -0.1) is 0 Å². The van der Waals surface area contributed by atoms with E-state index in [4.69, 9.17) is 0 Å². The van der Waals surface area contributed by atoms with Gasteiger partial charge in [0.2, 0.25) is 0 Å². The highest BCUT2D eigenvalue weighted by Crippen LogP contribution is 2.50. The van der Waals surface area contributed by atoms with E-state index in [1.54, 1.807) is 6.07 Å². The zero-order chi connectivity index (χ0) is 20.4. The molecule has 0 spiro atoms. The van der Waals surface area contributed by atoms with Gasteiger partial charge in [0, 0.05) is 0 Å². The standard InChI is InChI=1S/C25H35F3O/c1-2-16-3-4-21-14-20(10-9-19(21)13-16)17-5-7-18(8-6-17)22-11-12-24(23(26)15-22)29-25(27)28/h11-12,15-21,25H,2-10,13-14H2,1H3. The van der Waals surface area contributed by atoms with Crippen LogP contribution in [0.5, 0.6) is 5.75 Å². The smallest absolute Gasteiger partial charge is 0.387 e. The average Bonchev–Trinajstić information content (AvgIpc) is 2.74. The quantitative estimate of drug-likeness (QED) is 0.480. The second-order valence-corrected chi connectivity index (χ2v) is 9.86. The van der Waals surface area contributed by atoms with Crippen molar-refractivity contribution in [1.29, 1.82) is 0 Å². The molecule has 4 heteroatoms. The summed E-state index contributed by atoms with van der Waals surface area (Å²) < 4.78 is 43.0.